The summed E-state index contributed by atoms with van der Waals surface area (Å²) in [6, 6.07) is 52.4. The van der Waals surface area contributed by atoms with Gasteiger partial charge in [0.25, 0.3) is 5.91 Å². The molecule has 8 aromatic carbocycles. The van der Waals surface area contributed by atoms with Crippen LogP contribution in [-0.4, -0.2) is 70.0 Å². The number of hydrogen-bond donors (Lipinski definition) is 8. The first-order valence-electron chi connectivity index (χ1n) is 32.8. The van der Waals surface area contributed by atoms with E-state index in [-0.39, 0.29) is 104 Å². The molecule has 5 amide bonds. The zero-order valence-electron chi connectivity index (χ0n) is 60.0. The van der Waals surface area contributed by atoms with Crippen molar-refractivity contribution >= 4 is 135 Å². The summed E-state index contributed by atoms with van der Waals surface area (Å²) in [6.07, 6.45) is 6.62. The molecular formula is C79H98I3N10O8V3-. The number of amides is 5. The second-order valence-electron chi connectivity index (χ2n) is 23.1. The number of nitrogens with one attached hydrogen (secondary N) is 5. The van der Waals surface area contributed by atoms with Crippen LogP contribution >= 0.6 is 37.2 Å². The van der Waals surface area contributed by atoms with Gasteiger partial charge in [0.1, 0.15) is 5.82 Å². The summed E-state index contributed by atoms with van der Waals surface area (Å²) in [7, 11) is 5.57. The Hall–Kier alpha value is -6.94. The predicted octanol–water partition coefficient (Wildman–Crippen LogP) is 15.7. The number of carboxylic acids is 1. The number of ketones is 1. The van der Waals surface area contributed by atoms with Crippen molar-refractivity contribution in [2.45, 2.75) is 134 Å². The Kier molecular flexibility index (Phi) is 47.8. The minimum Gasteiger partial charge on any atom is 0 e. The van der Waals surface area contributed by atoms with E-state index >= 15 is 0 Å². The molecule has 0 aliphatic carbocycles. The van der Waals surface area contributed by atoms with Crippen molar-refractivity contribution in [2.75, 3.05) is 57.0 Å². The summed E-state index contributed by atoms with van der Waals surface area (Å²) < 4.78 is 2.10. The normalized spacial score (nSPS) is 9.81. The van der Waals surface area contributed by atoms with Crippen LogP contribution in [0.4, 0.5) is 45.5 Å². The number of aromatic nitrogens is 2. The number of aromatic carboxylic acids is 1. The van der Waals surface area contributed by atoms with Crippen LogP contribution < -0.4 is 56.2 Å². The molecule has 24 heteroatoms. The van der Waals surface area contributed by atoms with Crippen LogP contribution in [0.2, 0.25) is 0 Å². The fourth-order valence-corrected chi connectivity index (χ4v) is 10.1. The van der Waals surface area contributed by atoms with Gasteiger partial charge >= 0.3 is 56.5 Å². The number of Topliss-reactive ketones (excluding diaryl/α,β-unsaturated/α-hetero) is 1. The Balaban J connectivity index is 0.00000127. The number of fused-ring (bicyclic) bond motifs is 1. The van der Waals surface area contributed by atoms with Gasteiger partial charge in [-0.1, -0.05) is 103 Å². The number of nitrogens with two attached hydrogens (primary N) is 2. The van der Waals surface area contributed by atoms with E-state index in [4.69, 9.17) is 21.6 Å². The quantitative estimate of drug-likeness (QED) is 0.0190. The molecule has 0 bridgehead atoms. The van der Waals surface area contributed by atoms with E-state index in [1.165, 1.54) is 16.5 Å². The van der Waals surface area contributed by atoms with Gasteiger partial charge < -0.3 is 52.6 Å². The van der Waals surface area contributed by atoms with Crippen LogP contribution in [0.25, 0.3) is 22.4 Å². The molecule has 1 aromatic heterocycles. The number of rotatable bonds is 21. The molecule has 0 aliphatic heterocycles. The molecule has 3 radical (unpaired) electrons. The topological polar surface area (TPSA) is 273 Å². The van der Waals surface area contributed by atoms with Gasteiger partial charge in [0.05, 0.1) is 28.0 Å². The Morgan fingerprint density at radius 1 is 0.505 bits per heavy atom. The minimum atomic E-state index is -0.963. The van der Waals surface area contributed by atoms with Crippen LogP contribution in [0.1, 0.15) is 158 Å². The standard InChI is InChI=1S/C20H24N2O2.C19H23N3O2.C19H21N3O.C12H15NO3.C8H11N.CH4.I3.3V/c1-4-7-20(24)22-17-11-10-16(12-14(17)2)19(23)13-15-8-5-6-9-18(15)21-3;1-4-7-18(23)21-16-11-10-14(12-13(16)2)19(24)22(3)17-9-6-5-8-15(17)20;1-4-7-18(23)20-15-11-10-14(12-13(15)2)19-21-16-8-5-6-9-17(16)22(19)3;1-3-4-11(14)13-10-6-5-9(12(15)16)7-8(10)2;1-2-7-5-3-4-6-8(7)9;;1-3-2;;;/h5-6,8-12,21H,4,7,13H2,1-3H3,(H,22,24);5-6,8-12H,4,7,20H2,1-3H3,(H,21,23);5-6,8-12H,4,7H2,1-3H3,(H,20,23);5-7H,3-4H2,1-2H3,(H,13,14)(H,15,16);3-6H,2,9H2,1H3;1H4;;;;/q;;;;;;-1;;;. The molecule has 0 saturated heterocycles. The molecule has 9 aromatic rings. The van der Waals surface area contributed by atoms with E-state index in [1.54, 1.807) is 68.6 Å². The van der Waals surface area contributed by atoms with Gasteiger partial charge in [-0.25, -0.2) is 9.78 Å². The number of carbonyl (C=O) groups excluding carboxylic acids is 6. The Morgan fingerprint density at radius 3 is 1.31 bits per heavy atom. The molecule has 0 spiro atoms. The minimum absolute atomic E-state index is 0. The molecule has 0 atom stereocenters. The maximum absolute atomic E-state index is 12.7. The van der Waals surface area contributed by atoms with Crippen molar-refractivity contribution in [3.05, 3.63) is 220 Å². The van der Waals surface area contributed by atoms with Crippen LogP contribution in [-0.2, 0) is 94.7 Å². The molecule has 0 fully saturated rings. The van der Waals surface area contributed by atoms with Crippen molar-refractivity contribution in [3.63, 3.8) is 0 Å². The molecule has 0 unspecified atom stereocenters. The number of para-hydroxylation sites is 6. The first-order valence-corrected chi connectivity index (χ1v) is 45.3. The number of anilines is 8. The number of carboxylic acid groups (broad SMARTS) is 1. The Labute approximate surface area is 674 Å². The van der Waals surface area contributed by atoms with Crippen molar-refractivity contribution < 1.29 is 108 Å². The summed E-state index contributed by atoms with van der Waals surface area (Å²) in [5, 5.41) is 23.3. The van der Waals surface area contributed by atoms with Crippen LogP contribution in [0, 0.1) is 27.7 Å². The van der Waals surface area contributed by atoms with E-state index in [0.717, 1.165) is 111 Å². The van der Waals surface area contributed by atoms with Crippen molar-refractivity contribution in [1.82, 2.24) is 9.55 Å². The third kappa shape index (κ3) is 31.7. The van der Waals surface area contributed by atoms with Crippen molar-refractivity contribution in [3.8, 4) is 11.4 Å². The zero-order chi connectivity index (χ0) is 73.1. The number of imidazole rings is 1. The number of nitrogen functional groups attached to an aromatic ring is 2. The van der Waals surface area contributed by atoms with Gasteiger partial charge in [-0.3, -0.25) is 28.8 Å². The van der Waals surface area contributed by atoms with Crippen molar-refractivity contribution in [2.24, 2.45) is 7.05 Å². The summed E-state index contributed by atoms with van der Waals surface area (Å²) in [4.78, 5) is 88.7. The third-order valence-electron chi connectivity index (χ3n) is 15.4. The average Bonchev–Trinajstić information content (AvgIpc) is 1.66. The van der Waals surface area contributed by atoms with E-state index in [1.807, 2.05) is 154 Å². The van der Waals surface area contributed by atoms with Crippen LogP contribution in [0.5, 0.6) is 0 Å². The Bertz CT molecular complexity index is 4200. The number of halogens is 3. The number of benzene rings is 8. The summed E-state index contributed by atoms with van der Waals surface area (Å²) in [5.74, 6) is -0.124. The summed E-state index contributed by atoms with van der Waals surface area (Å²) in [5.41, 5.74) is 28.0. The molecule has 549 valence electrons. The average molecular weight is 1850 g/mol. The number of aryl methyl sites for hydroxylation is 6. The van der Waals surface area contributed by atoms with E-state index in [0.29, 0.717) is 73.5 Å². The SMILES string of the molecule is C.CCCC(=O)Nc1ccc(-c2nc3ccccc3n2C)cc1C.CCCC(=O)Nc1ccc(C(=O)Cc2ccccc2NC)cc1C.CCCC(=O)Nc1ccc(C(=O)N(C)c2ccccc2N)cc1C.CCCC(=O)Nc1ccc(C(=O)O)cc1C.CCc1ccccc1N.I[I-]I.[V].[V].[V]. The van der Waals surface area contributed by atoms with Crippen LogP contribution in [0.15, 0.2) is 170 Å². The van der Waals surface area contributed by atoms with E-state index < -0.39 is 5.97 Å². The van der Waals surface area contributed by atoms with Gasteiger partial charge in [0.15, 0.2) is 5.78 Å². The maximum Gasteiger partial charge on any atom is 0 e. The van der Waals surface area contributed by atoms with Crippen molar-refractivity contribution in [1.29, 1.82) is 0 Å². The zero-order valence-corrected chi connectivity index (χ0v) is 70.7. The van der Waals surface area contributed by atoms with Crippen LogP contribution in [0.3, 0.4) is 0 Å². The molecule has 0 saturated carbocycles. The first kappa shape index (κ1) is 96.1. The summed E-state index contributed by atoms with van der Waals surface area (Å²) >= 11 is 5.30. The first-order chi connectivity index (χ1) is 47.4. The fraction of sp³-hybridized carbons (Fsp3) is 0.291. The third-order valence-corrected chi connectivity index (χ3v) is 15.4. The maximum atomic E-state index is 12.7. The smallest absolute Gasteiger partial charge is 0 e. The van der Waals surface area contributed by atoms with E-state index in [2.05, 4.69) is 93.5 Å². The molecule has 9 rings (SSSR count). The number of nitrogens with zero attached hydrogens (tertiary/aromatic N) is 3. The van der Waals surface area contributed by atoms with Gasteiger partial charge in [0.2, 0.25) is 23.6 Å². The van der Waals surface area contributed by atoms with Gasteiger partial charge in [-0.2, -0.15) is 0 Å². The molecular weight excluding hydrogens is 1750 g/mol. The predicted molar refractivity (Wildman–Crippen MR) is 428 cm³/mol. The molecule has 0 aliphatic rings. The second-order valence-corrected chi connectivity index (χ2v) is 39.4. The number of hydrogen-bond acceptors (Lipinski definition) is 11. The second kappa shape index (κ2) is 51.3. The number of carbonyl (C=O) groups is 7. The molecule has 103 heavy (non-hydrogen) atoms. The van der Waals surface area contributed by atoms with Gasteiger partial charge in [-0.15, -0.1) is 0 Å². The van der Waals surface area contributed by atoms with Gasteiger partial charge in [0, 0.05) is 160 Å². The fourth-order valence-electron chi connectivity index (χ4n) is 10.1. The van der Waals surface area contributed by atoms with Gasteiger partial charge in [-0.05, 0) is 202 Å². The monoisotopic (exact) mass is 1850 g/mol. The largest absolute Gasteiger partial charge is 0 e. The summed E-state index contributed by atoms with van der Waals surface area (Å²) in [6.45, 7) is 17.5. The van der Waals surface area contributed by atoms with E-state index in [9.17, 15) is 33.6 Å². The molecule has 18 nitrogen and oxygen atoms in total. The molecule has 10 N–H and O–H groups in total. The molecule has 1 heterocycles. The Morgan fingerprint density at radius 2 is 0.893 bits per heavy atom.